The second kappa shape index (κ2) is 5.10. The van der Waals surface area contributed by atoms with Gasteiger partial charge in [-0.3, -0.25) is 0 Å². The van der Waals surface area contributed by atoms with E-state index in [2.05, 4.69) is 20.5 Å². The summed E-state index contributed by atoms with van der Waals surface area (Å²) in [7, 11) is 0. The van der Waals surface area contributed by atoms with Crippen molar-refractivity contribution < 1.29 is 0 Å². The molecule has 1 aromatic carbocycles. The first-order valence-electron chi connectivity index (χ1n) is 6.19. The summed E-state index contributed by atoms with van der Waals surface area (Å²) in [6, 6.07) is 11.7. The third-order valence-corrected chi connectivity index (χ3v) is 2.86. The molecule has 3 rings (SSSR count). The highest BCUT2D eigenvalue weighted by atomic mass is 15.3. The van der Waals surface area contributed by atoms with Crippen LogP contribution in [0, 0.1) is 6.92 Å². The Morgan fingerprint density at radius 2 is 1.95 bits per heavy atom. The fourth-order valence-electron chi connectivity index (χ4n) is 1.93. The Bertz CT molecular complexity index is 720. The molecule has 0 aliphatic carbocycles. The highest BCUT2D eigenvalue weighted by Gasteiger charge is 2.08. The van der Waals surface area contributed by atoms with Crippen LogP contribution in [-0.2, 0) is 0 Å². The third-order valence-electron chi connectivity index (χ3n) is 2.86. The number of hydrogen-bond acceptors (Lipinski definition) is 5. The Morgan fingerprint density at radius 3 is 2.70 bits per heavy atom. The fourth-order valence-corrected chi connectivity index (χ4v) is 1.93. The molecule has 100 valence electrons. The molecule has 2 aromatic heterocycles. The van der Waals surface area contributed by atoms with Gasteiger partial charge in [-0.05, 0) is 19.1 Å². The van der Waals surface area contributed by atoms with Crippen molar-refractivity contribution in [2.45, 2.75) is 6.92 Å². The molecule has 6 heteroatoms. The maximum atomic E-state index is 5.40. The summed E-state index contributed by atoms with van der Waals surface area (Å²) in [5.74, 6) is 6.58. The Labute approximate surface area is 116 Å². The molecular formula is C14H14N6. The molecule has 0 radical (unpaired) electrons. The zero-order valence-electron chi connectivity index (χ0n) is 11.0. The second-order valence-electron chi connectivity index (χ2n) is 4.37. The minimum atomic E-state index is 0.583. The largest absolute Gasteiger partial charge is 0.308 e. The standard InChI is InChI=1S/C14H14N6/c1-10-7-13(19-15)18-14(17-10)11-8-16-20(9-11)12-5-3-2-4-6-12/h2-9H,15H2,1H3,(H,17,18,19). The van der Waals surface area contributed by atoms with Gasteiger partial charge in [-0.2, -0.15) is 5.10 Å². The number of nitrogens with one attached hydrogen (secondary N) is 1. The van der Waals surface area contributed by atoms with Crippen molar-refractivity contribution in [3.05, 3.63) is 54.5 Å². The lowest BCUT2D eigenvalue weighted by atomic mass is 10.3. The van der Waals surface area contributed by atoms with Crippen molar-refractivity contribution in [3.63, 3.8) is 0 Å². The number of anilines is 1. The molecule has 0 spiro atoms. The molecule has 0 fully saturated rings. The Balaban J connectivity index is 2.00. The molecule has 6 nitrogen and oxygen atoms in total. The number of nitrogen functional groups attached to an aromatic ring is 1. The van der Waals surface area contributed by atoms with Gasteiger partial charge in [-0.1, -0.05) is 18.2 Å². The molecule has 3 N–H and O–H groups in total. The molecule has 0 aliphatic rings. The average molecular weight is 266 g/mol. The molecule has 0 saturated carbocycles. The maximum Gasteiger partial charge on any atom is 0.164 e. The number of rotatable bonds is 3. The van der Waals surface area contributed by atoms with Gasteiger partial charge in [0.1, 0.15) is 5.82 Å². The van der Waals surface area contributed by atoms with Gasteiger partial charge in [0.25, 0.3) is 0 Å². The van der Waals surface area contributed by atoms with Gasteiger partial charge in [0.2, 0.25) is 0 Å². The minimum absolute atomic E-state index is 0.583. The second-order valence-corrected chi connectivity index (χ2v) is 4.37. The van der Waals surface area contributed by atoms with E-state index in [1.165, 1.54) is 0 Å². The molecule has 20 heavy (non-hydrogen) atoms. The van der Waals surface area contributed by atoms with Gasteiger partial charge in [-0.15, -0.1) is 0 Å². The molecular weight excluding hydrogens is 252 g/mol. The van der Waals surface area contributed by atoms with Gasteiger partial charge in [0, 0.05) is 18.0 Å². The van der Waals surface area contributed by atoms with Crippen molar-refractivity contribution in [1.82, 2.24) is 19.7 Å². The summed E-state index contributed by atoms with van der Waals surface area (Å²) < 4.78 is 1.79. The maximum absolute atomic E-state index is 5.40. The molecule has 3 aromatic rings. The van der Waals surface area contributed by atoms with Crippen molar-refractivity contribution in [1.29, 1.82) is 0 Å². The minimum Gasteiger partial charge on any atom is -0.308 e. The van der Waals surface area contributed by atoms with Crippen LogP contribution >= 0.6 is 0 Å². The van der Waals surface area contributed by atoms with Crippen molar-refractivity contribution >= 4 is 5.82 Å². The lowest BCUT2D eigenvalue weighted by Crippen LogP contribution is -2.09. The van der Waals surface area contributed by atoms with Crippen LogP contribution in [0.15, 0.2) is 48.8 Å². The predicted octanol–water partition coefficient (Wildman–Crippen LogP) is 1.92. The first-order chi connectivity index (χ1) is 9.76. The lowest BCUT2D eigenvalue weighted by Gasteiger charge is -2.03. The van der Waals surface area contributed by atoms with E-state index >= 15 is 0 Å². The smallest absolute Gasteiger partial charge is 0.164 e. The summed E-state index contributed by atoms with van der Waals surface area (Å²) in [4.78, 5) is 8.73. The normalized spacial score (nSPS) is 10.5. The fraction of sp³-hybridized carbons (Fsp3) is 0.0714. The molecule has 0 saturated heterocycles. The topological polar surface area (TPSA) is 81.6 Å². The highest BCUT2D eigenvalue weighted by molar-refractivity contribution is 5.56. The Hall–Kier alpha value is -2.73. The van der Waals surface area contributed by atoms with Crippen LogP contribution in [0.5, 0.6) is 0 Å². The van der Waals surface area contributed by atoms with E-state index in [9.17, 15) is 0 Å². The van der Waals surface area contributed by atoms with Crippen LogP contribution in [0.25, 0.3) is 17.1 Å². The van der Waals surface area contributed by atoms with Gasteiger partial charge in [-0.25, -0.2) is 20.5 Å². The van der Waals surface area contributed by atoms with Crippen LogP contribution in [0.4, 0.5) is 5.82 Å². The van der Waals surface area contributed by atoms with Crippen LogP contribution in [0.2, 0.25) is 0 Å². The first kappa shape index (κ1) is 12.3. The van der Waals surface area contributed by atoms with Crippen LogP contribution in [-0.4, -0.2) is 19.7 Å². The summed E-state index contributed by atoms with van der Waals surface area (Å²) in [6.07, 6.45) is 3.63. The number of benzene rings is 1. The summed E-state index contributed by atoms with van der Waals surface area (Å²) in [5, 5.41) is 4.33. The van der Waals surface area contributed by atoms with E-state index in [4.69, 9.17) is 5.84 Å². The highest BCUT2D eigenvalue weighted by Crippen LogP contribution is 2.18. The summed E-state index contributed by atoms with van der Waals surface area (Å²) >= 11 is 0. The van der Waals surface area contributed by atoms with E-state index in [1.54, 1.807) is 16.9 Å². The van der Waals surface area contributed by atoms with Gasteiger partial charge in [0.15, 0.2) is 5.82 Å². The molecule has 0 atom stereocenters. The zero-order chi connectivity index (χ0) is 13.9. The van der Waals surface area contributed by atoms with Gasteiger partial charge >= 0.3 is 0 Å². The molecule has 0 unspecified atom stereocenters. The van der Waals surface area contributed by atoms with Crippen LogP contribution in [0.3, 0.4) is 0 Å². The predicted molar refractivity (Wildman–Crippen MR) is 77.1 cm³/mol. The average Bonchev–Trinajstić information content (AvgIpc) is 2.97. The van der Waals surface area contributed by atoms with Gasteiger partial charge in [0.05, 0.1) is 17.4 Å². The van der Waals surface area contributed by atoms with Crippen molar-refractivity contribution in [2.75, 3.05) is 5.43 Å². The number of aryl methyl sites for hydroxylation is 1. The number of aromatic nitrogens is 4. The number of hydrazine groups is 1. The zero-order valence-corrected chi connectivity index (χ0v) is 11.0. The van der Waals surface area contributed by atoms with E-state index in [1.807, 2.05) is 43.5 Å². The number of nitrogens with zero attached hydrogens (tertiary/aromatic N) is 4. The monoisotopic (exact) mass is 266 g/mol. The van der Waals surface area contributed by atoms with Crippen LogP contribution in [0.1, 0.15) is 5.69 Å². The number of para-hydroxylation sites is 1. The molecule has 0 bridgehead atoms. The third kappa shape index (κ3) is 2.36. The van der Waals surface area contributed by atoms with Gasteiger partial charge < -0.3 is 5.43 Å². The summed E-state index contributed by atoms with van der Waals surface area (Å²) in [5.41, 5.74) is 5.21. The molecule has 0 amide bonds. The Kier molecular flexibility index (Phi) is 3.14. The number of nitrogens with two attached hydrogens (primary N) is 1. The SMILES string of the molecule is Cc1cc(NN)nc(-c2cnn(-c3ccccc3)c2)n1. The quantitative estimate of drug-likeness (QED) is 0.559. The van der Waals surface area contributed by atoms with E-state index < -0.39 is 0 Å². The summed E-state index contributed by atoms with van der Waals surface area (Å²) in [6.45, 7) is 1.90. The first-order valence-corrected chi connectivity index (χ1v) is 6.19. The molecule has 2 heterocycles. The van der Waals surface area contributed by atoms with E-state index in [0.717, 1.165) is 16.9 Å². The lowest BCUT2D eigenvalue weighted by molar-refractivity contribution is 0.880. The van der Waals surface area contributed by atoms with Crippen LogP contribution < -0.4 is 11.3 Å². The Morgan fingerprint density at radius 1 is 1.15 bits per heavy atom. The molecule has 0 aliphatic heterocycles. The number of hydrogen-bond donors (Lipinski definition) is 2. The van der Waals surface area contributed by atoms with E-state index in [-0.39, 0.29) is 0 Å². The van der Waals surface area contributed by atoms with E-state index in [0.29, 0.717) is 11.6 Å². The van der Waals surface area contributed by atoms with Crippen molar-refractivity contribution in [3.8, 4) is 17.1 Å². The van der Waals surface area contributed by atoms with Crippen molar-refractivity contribution in [2.24, 2.45) is 5.84 Å².